The Hall–Kier alpha value is -1.87. The molecule has 0 amide bonds. The van der Waals surface area contributed by atoms with Crippen LogP contribution in [0.25, 0.3) is 0 Å². The fraction of sp³-hybridized carbons (Fsp3) is 0.353. The SMILES string of the molecule is Cc1ccc(C)c(Oc2cc(CN)cc(C(C)C)n2)c1. The minimum atomic E-state index is 0.349. The predicted octanol–water partition coefficient (Wildman–Crippen LogP) is 4.07. The lowest BCUT2D eigenvalue weighted by Crippen LogP contribution is -2.02. The van der Waals surface area contributed by atoms with Crippen molar-refractivity contribution in [3.05, 3.63) is 52.7 Å². The van der Waals surface area contributed by atoms with Gasteiger partial charge in [0.2, 0.25) is 5.88 Å². The van der Waals surface area contributed by atoms with Gasteiger partial charge < -0.3 is 10.5 Å². The zero-order chi connectivity index (χ0) is 14.7. The van der Waals surface area contributed by atoms with E-state index in [1.54, 1.807) is 0 Å². The van der Waals surface area contributed by atoms with Crippen LogP contribution >= 0.6 is 0 Å². The van der Waals surface area contributed by atoms with Gasteiger partial charge in [0.25, 0.3) is 0 Å². The van der Waals surface area contributed by atoms with Crippen LogP contribution in [0, 0.1) is 13.8 Å². The summed E-state index contributed by atoms with van der Waals surface area (Å²) < 4.78 is 5.96. The first-order valence-corrected chi connectivity index (χ1v) is 6.95. The Morgan fingerprint density at radius 3 is 2.55 bits per heavy atom. The zero-order valence-corrected chi connectivity index (χ0v) is 12.6. The Kier molecular flexibility index (Phi) is 4.40. The summed E-state index contributed by atoms with van der Waals surface area (Å²) in [6.07, 6.45) is 0. The Bertz CT molecular complexity index is 606. The molecule has 0 saturated carbocycles. The second kappa shape index (κ2) is 6.06. The summed E-state index contributed by atoms with van der Waals surface area (Å²) in [6, 6.07) is 10.1. The molecular formula is C17H22N2O. The van der Waals surface area contributed by atoms with Crippen molar-refractivity contribution >= 4 is 0 Å². The van der Waals surface area contributed by atoms with E-state index < -0.39 is 0 Å². The fourth-order valence-electron chi connectivity index (χ4n) is 1.98. The van der Waals surface area contributed by atoms with Crippen molar-refractivity contribution in [3.8, 4) is 11.6 Å². The van der Waals surface area contributed by atoms with E-state index in [9.17, 15) is 0 Å². The van der Waals surface area contributed by atoms with E-state index in [1.165, 1.54) is 5.56 Å². The number of pyridine rings is 1. The molecule has 0 atom stereocenters. The summed E-state index contributed by atoms with van der Waals surface area (Å²) in [5, 5.41) is 0. The van der Waals surface area contributed by atoms with Crippen molar-refractivity contribution in [1.82, 2.24) is 4.98 Å². The molecule has 0 radical (unpaired) electrons. The highest BCUT2D eigenvalue weighted by Crippen LogP contribution is 2.27. The van der Waals surface area contributed by atoms with Crippen LogP contribution in [0.2, 0.25) is 0 Å². The molecule has 0 aliphatic carbocycles. The number of aromatic nitrogens is 1. The molecule has 0 fully saturated rings. The molecule has 106 valence electrons. The van der Waals surface area contributed by atoms with Crippen molar-refractivity contribution in [1.29, 1.82) is 0 Å². The average molecular weight is 270 g/mol. The first-order chi connectivity index (χ1) is 9.49. The van der Waals surface area contributed by atoms with Crippen molar-refractivity contribution in [2.45, 2.75) is 40.2 Å². The topological polar surface area (TPSA) is 48.1 Å². The number of benzene rings is 1. The van der Waals surface area contributed by atoms with Crippen molar-refractivity contribution in [2.24, 2.45) is 5.73 Å². The number of rotatable bonds is 4. The Morgan fingerprint density at radius 1 is 1.15 bits per heavy atom. The maximum absolute atomic E-state index is 5.96. The number of hydrogen-bond acceptors (Lipinski definition) is 3. The molecule has 0 aliphatic heterocycles. The van der Waals surface area contributed by atoms with Gasteiger partial charge in [-0.05, 0) is 48.6 Å². The molecule has 3 nitrogen and oxygen atoms in total. The van der Waals surface area contributed by atoms with Gasteiger partial charge in [-0.15, -0.1) is 0 Å². The monoisotopic (exact) mass is 270 g/mol. The lowest BCUT2D eigenvalue weighted by Gasteiger charge is -2.13. The first-order valence-electron chi connectivity index (χ1n) is 6.95. The van der Waals surface area contributed by atoms with Gasteiger partial charge >= 0.3 is 0 Å². The lowest BCUT2D eigenvalue weighted by molar-refractivity contribution is 0.455. The largest absolute Gasteiger partial charge is 0.439 e. The summed E-state index contributed by atoms with van der Waals surface area (Å²) in [5.41, 5.74) is 10.1. The summed E-state index contributed by atoms with van der Waals surface area (Å²) in [4.78, 5) is 4.57. The summed E-state index contributed by atoms with van der Waals surface area (Å²) >= 11 is 0. The van der Waals surface area contributed by atoms with E-state index in [2.05, 4.69) is 37.9 Å². The van der Waals surface area contributed by atoms with Gasteiger partial charge in [-0.1, -0.05) is 26.0 Å². The molecule has 3 heteroatoms. The molecule has 2 N–H and O–H groups in total. The third kappa shape index (κ3) is 3.36. The Morgan fingerprint density at radius 2 is 1.90 bits per heavy atom. The highest BCUT2D eigenvalue weighted by atomic mass is 16.5. The van der Waals surface area contributed by atoms with Crippen LogP contribution in [0.4, 0.5) is 0 Å². The van der Waals surface area contributed by atoms with Gasteiger partial charge in [0, 0.05) is 18.3 Å². The minimum absolute atomic E-state index is 0.349. The predicted molar refractivity (Wildman–Crippen MR) is 82.2 cm³/mol. The molecular weight excluding hydrogens is 248 g/mol. The van der Waals surface area contributed by atoms with E-state index in [4.69, 9.17) is 10.5 Å². The summed E-state index contributed by atoms with van der Waals surface area (Å²) in [5.74, 6) is 1.81. The van der Waals surface area contributed by atoms with Crippen molar-refractivity contribution in [3.63, 3.8) is 0 Å². The summed E-state index contributed by atoms with van der Waals surface area (Å²) in [7, 11) is 0. The van der Waals surface area contributed by atoms with Crippen LogP contribution in [0.3, 0.4) is 0 Å². The highest BCUT2D eigenvalue weighted by molar-refractivity contribution is 5.39. The van der Waals surface area contributed by atoms with Crippen LogP contribution in [-0.2, 0) is 6.54 Å². The van der Waals surface area contributed by atoms with Crippen LogP contribution in [0.1, 0.15) is 42.1 Å². The van der Waals surface area contributed by atoms with Crippen LogP contribution in [0.5, 0.6) is 11.6 Å². The van der Waals surface area contributed by atoms with E-state index >= 15 is 0 Å². The maximum atomic E-state index is 5.96. The molecule has 1 aromatic carbocycles. The number of hydrogen-bond donors (Lipinski definition) is 1. The van der Waals surface area contributed by atoms with E-state index in [1.807, 2.05) is 25.1 Å². The maximum Gasteiger partial charge on any atom is 0.219 e. The van der Waals surface area contributed by atoms with Crippen LogP contribution < -0.4 is 10.5 Å². The highest BCUT2D eigenvalue weighted by Gasteiger charge is 2.09. The first kappa shape index (κ1) is 14.5. The molecule has 20 heavy (non-hydrogen) atoms. The van der Waals surface area contributed by atoms with E-state index in [0.717, 1.165) is 22.6 Å². The molecule has 0 saturated heterocycles. The van der Waals surface area contributed by atoms with Gasteiger partial charge in [0.05, 0.1) is 0 Å². The number of aryl methyl sites for hydroxylation is 2. The quantitative estimate of drug-likeness (QED) is 0.911. The minimum Gasteiger partial charge on any atom is -0.439 e. The average Bonchev–Trinajstić information content (AvgIpc) is 2.42. The standard InChI is InChI=1S/C17H22N2O/c1-11(2)15-8-14(10-18)9-17(19-15)20-16-7-12(3)5-6-13(16)4/h5-9,11H,10,18H2,1-4H3. The normalized spacial score (nSPS) is 10.9. The zero-order valence-electron chi connectivity index (χ0n) is 12.6. The lowest BCUT2D eigenvalue weighted by atomic mass is 10.1. The molecule has 0 aliphatic rings. The Balaban J connectivity index is 2.37. The van der Waals surface area contributed by atoms with Gasteiger partial charge in [-0.2, -0.15) is 0 Å². The van der Waals surface area contributed by atoms with Gasteiger partial charge in [0.15, 0.2) is 0 Å². The smallest absolute Gasteiger partial charge is 0.219 e. The van der Waals surface area contributed by atoms with E-state index in [0.29, 0.717) is 18.3 Å². The van der Waals surface area contributed by atoms with Crippen molar-refractivity contribution in [2.75, 3.05) is 0 Å². The number of ether oxygens (including phenoxy) is 1. The summed E-state index contributed by atoms with van der Waals surface area (Å²) in [6.45, 7) is 8.81. The number of nitrogens with zero attached hydrogens (tertiary/aromatic N) is 1. The third-order valence-electron chi connectivity index (χ3n) is 3.27. The van der Waals surface area contributed by atoms with E-state index in [-0.39, 0.29) is 0 Å². The molecule has 1 heterocycles. The van der Waals surface area contributed by atoms with Gasteiger partial charge in [0.1, 0.15) is 5.75 Å². The molecule has 0 spiro atoms. The number of nitrogens with two attached hydrogens (primary N) is 1. The fourth-order valence-corrected chi connectivity index (χ4v) is 1.98. The molecule has 2 rings (SSSR count). The second-order valence-electron chi connectivity index (χ2n) is 5.47. The Labute approximate surface area is 120 Å². The van der Waals surface area contributed by atoms with Gasteiger partial charge in [-0.3, -0.25) is 0 Å². The van der Waals surface area contributed by atoms with Crippen LogP contribution in [0.15, 0.2) is 30.3 Å². The van der Waals surface area contributed by atoms with Gasteiger partial charge in [-0.25, -0.2) is 4.98 Å². The molecule has 0 unspecified atom stereocenters. The second-order valence-corrected chi connectivity index (χ2v) is 5.47. The molecule has 0 bridgehead atoms. The molecule has 2 aromatic rings. The van der Waals surface area contributed by atoms with Crippen molar-refractivity contribution < 1.29 is 4.74 Å². The third-order valence-corrected chi connectivity index (χ3v) is 3.27. The molecule has 1 aromatic heterocycles. The van der Waals surface area contributed by atoms with Crippen LogP contribution in [-0.4, -0.2) is 4.98 Å².